The topological polar surface area (TPSA) is 9.72 Å². The second-order valence-corrected chi connectivity index (χ2v) is 27.8. The van der Waals surface area contributed by atoms with Crippen molar-refractivity contribution in [1.29, 1.82) is 0 Å². The molecule has 0 bridgehead atoms. The second kappa shape index (κ2) is 15.6. The Labute approximate surface area is 446 Å². The summed E-state index contributed by atoms with van der Waals surface area (Å²) in [6.45, 7) is 26.5. The molecular weight excluding hydrogens is 934 g/mol. The fourth-order valence-corrected chi connectivity index (χ4v) is 16.3. The molecule has 0 saturated heterocycles. The predicted octanol–water partition coefficient (Wildman–Crippen LogP) is 18.1. The number of fused-ring (bicyclic) bond motifs is 13. The summed E-state index contributed by atoms with van der Waals surface area (Å²) in [5, 5.41) is 5.27. The van der Waals surface area contributed by atoms with Gasteiger partial charge in [0.25, 0.3) is 6.71 Å². The quantitative estimate of drug-likeness (QED) is 0.163. The molecule has 1 fully saturated rings. The average molecular weight is 1000 g/mol. The smallest absolute Gasteiger partial charge is 0.252 e. The van der Waals surface area contributed by atoms with E-state index in [2.05, 4.69) is 243 Å². The van der Waals surface area contributed by atoms with Crippen LogP contribution in [-0.4, -0.2) is 12.3 Å². The monoisotopic (exact) mass is 999 g/mol. The Morgan fingerprint density at radius 2 is 0.878 bits per heavy atom. The first-order valence-corrected chi connectivity index (χ1v) is 28.8. The molecule has 1 aliphatic carbocycles. The molecule has 2 atom stereocenters. The third kappa shape index (κ3) is 6.43. The van der Waals surface area contributed by atoms with Crippen LogP contribution in [-0.2, 0) is 21.7 Å². The summed E-state index contributed by atoms with van der Waals surface area (Å²) in [6, 6.07) is 60.0. The largest absolute Gasteiger partial charge is 0.334 e. The second-order valence-electron chi connectivity index (χ2n) is 25.7. The highest BCUT2D eigenvalue weighted by Crippen LogP contribution is 2.63. The fraction of sp³-hybridized carbons (Fsp3) is 0.294. The molecule has 368 valence electrons. The van der Waals surface area contributed by atoms with Gasteiger partial charge in [0.05, 0.1) is 16.9 Å². The van der Waals surface area contributed by atoms with Crippen LogP contribution in [0.2, 0.25) is 0 Å². The number of anilines is 8. The first-order valence-electron chi connectivity index (χ1n) is 27.2. The molecule has 3 nitrogen and oxygen atoms in total. The molecule has 6 heteroatoms. The minimum atomic E-state index is -0.157. The van der Waals surface area contributed by atoms with Gasteiger partial charge in [-0.05, 0) is 141 Å². The summed E-state index contributed by atoms with van der Waals surface area (Å²) in [5.74, 6) is 0. The number of hydrogen-bond acceptors (Lipinski definition) is 5. The van der Waals surface area contributed by atoms with E-state index in [4.69, 9.17) is 0 Å². The maximum absolute atomic E-state index is 2.84. The van der Waals surface area contributed by atoms with E-state index in [1.54, 1.807) is 0 Å². The number of nitrogens with zero attached hydrogens (tertiary/aromatic N) is 3. The first kappa shape index (κ1) is 46.2. The zero-order valence-corrected chi connectivity index (χ0v) is 46.6. The van der Waals surface area contributed by atoms with Crippen molar-refractivity contribution in [3.8, 4) is 0 Å². The van der Waals surface area contributed by atoms with Crippen LogP contribution in [0.4, 0.5) is 45.5 Å². The Balaban J connectivity index is 1.16. The molecule has 0 N–H and O–H groups in total. The molecule has 0 amide bonds. The van der Waals surface area contributed by atoms with E-state index in [1.807, 2.05) is 22.7 Å². The van der Waals surface area contributed by atoms with Crippen LogP contribution in [0.3, 0.4) is 0 Å². The molecule has 2 unspecified atom stereocenters. The van der Waals surface area contributed by atoms with Crippen LogP contribution in [0.5, 0.6) is 0 Å². The van der Waals surface area contributed by atoms with Crippen molar-refractivity contribution in [2.45, 2.75) is 129 Å². The zero-order chi connectivity index (χ0) is 51.0. The van der Waals surface area contributed by atoms with Crippen molar-refractivity contribution in [3.05, 3.63) is 174 Å². The van der Waals surface area contributed by atoms with Gasteiger partial charge in [-0.3, -0.25) is 0 Å². The summed E-state index contributed by atoms with van der Waals surface area (Å²) >= 11 is 3.82. The lowest BCUT2D eigenvalue weighted by Gasteiger charge is -2.51. The Morgan fingerprint density at radius 1 is 0.432 bits per heavy atom. The standard InChI is InChI=1S/C68H66BN3S2/c1-64(2,3)41-28-31-50-47(36-41)67(10)34-16-17-35-68(67,11)72(50)44-39-55-63-56(40-44)71(54-23-19-27-60-62(54)46-21-13-15-25-58(46)74-60)52-33-30-43(66(7,8)9)38-49(52)69(63)48-37-42(65(4,5)6)29-32-51(48)70(55)53-22-18-26-59-61(53)45-20-12-14-24-57(45)73-59/h12-15,18-33,36-40H,16-17,34-35H2,1-11H3. The SMILES string of the molecule is CC(C)(C)c1ccc2c(c1)B1c3cc(C(C)(C)C)ccc3N(c3cccc4sc5ccccc5c34)c3cc(N4c5ccc(C(C)(C)C)cc5C5(C)CCCCC45C)cc(c31)N2c1cccc2sc3ccccc3c12. The van der Waals surface area contributed by atoms with Gasteiger partial charge in [-0.15, -0.1) is 22.7 Å². The summed E-state index contributed by atoms with van der Waals surface area (Å²) < 4.78 is 5.27. The maximum atomic E-state index is 2.84. The van der Waals surface area contributed by atoms with Crippen LogP contribution in [0.1, 0.15) is 124 Å². The van der Waals surface area contributed by atoms with Crippen molar-refractivity contribution in [2.75, 3.05) is 14.7 Å². The Morgan fingerprint density at radius 3 is 1.38 bits per heavy atom. The lowest BCUT2D eigenvalue weighted by molar-refractivity contribution is 0.195. The Hall–Kier alpha value is -6.34. The molecule has 5 heterocycles. The first-order chi connectivity index (χ1) is 35.3. The molecule has 1 saturated carbocycles. The van der Waals surface area contributed by atoms with E-state index >= 15 is 0 Å². The molecule has 14 rings (SSSR count). The summed E-state index contributed by atoms with van der Waals surface area (Å²) in [6.07, 6.45) is 4.76. The van der Waals surface area contributed by atoms with Crippen molar-refractivity contribution < 1.29 is 0 Å². The van der Waals surface area contributed by atoms with Gasteiger partial charge in [-0.25, -0.2) is 0 Å². The van der Waals surface area contributed by atoms with Gasteiger partial charge in [0, 0.05) is 79.9 Å². The van der Waals surface area contributed by atoms with Gasteiger partial charge < -0.3 is 14.7 Å². The van der Waals surface area contributed by atoms with Crippen LogP contribution >= 0.6 is 22.7 Å². The Kier molecular flexibility index (Phi) is 9.75. The highest BCUT2D eigenvalue weighted by molar-refractivity contribution is 7.26. The van der Waals surface area contributed by atoms with E-state index < -0.39 is 0 Å². The molecule has 2 aromatic heterocycles. The van der Waals surface area contributed by atoms with Crippen molar-refractivity contribution in [1.82, 2.24) is 0 Å². The van der Waals surface area contributed by atoms with Crippen LogP contribution in [0, 0.1) is 0 Å². The number of benzene rings is 8. The molecule has 4 aliphatic rings. The maximum Gasteiger partial charge on any atom is 0.252 e. The van der Waals surface area contributed by atoms with Gasteiger partial charge >= 0.3 is 0 Å². The van der Waals surface area contributed by atoms with E-state index in [9.17, 15) is 0 Å². The number of thiophene rings is 2. The summed E-state index contributed by atoms with van der Waals surface area (Å²) in [7, 11) is 0. The molecule has 10 aromatic rings. The summed E-state index contributed by atoms with van der Waals surface area (Å²) in [4.78, 5) is 8.26. The zero-order valence-electron chi connectivity index (χ0n) is 45.0. The minimum Gasteiger partial charge on any atom is -0.334 e. The van der Waals surface area contributed by atoms with Gasteiger partial charge in [0.15, 0.2) is 0 Å². The van der Waals surface area contributed by atoms with E-state index in [0.717, 1.165) is 6.42 Å². The van der Waals surface area contributed by atoms with Crippen LogP contribution in [0.15, 0.2) is 152 Å². The molecular formula is C68H66BN3S2. The third-order valence-corrected chi connectivity index (χ3v) is 20.5. The predicted molar refractivity (Wildman–Crippen MR) is 325 cm³/mol. The van der Waals surface area contributed by atoms with Crippen molar-refractivity contribution >= 4 is 132 Å². The number of hydrogen-bond donors (Lipinski definition) is 0. The minimum absolute atomic E-state index is 0.0243. The van der Waals surface area contributed by atoms with Crippen LogP contribution in [0.25, 0.3) is 40.3 Å². The lowest BCUT2D eigenvalue weighted by atomic mass is 9.33. The van der Waals surface area contributed by atoms with Gasteiger partial charge in [-0.1, -0.05) is 167 Å². The Bertz CT molecular complexity index is 3800. The highest BCUT2D eigenvalue weighted by atomic mass is 32.1. The lowest BCUT2D eigenvalue weighted by Crippen LogP contribution is -2.62. The number of rotatable bonds is 3. The molecule has 8 aromatic carbocycles. The molecule has 3 aliphatic heterocycles. The normalized spacial score (nSPS) is 19.3. The van der Waals surface area contributed by atoms with Crippen molar-refractivity contribution in [2.24, 2.45) is 0 Å². The van der Waals surface area contributed by atoms with Gasteiger partial charge in [-0.2, -0.15) is 0 Å². The van der Waals surface area contributed by atoms with Crippen molar-refractivity contribution in [3.63, 3.8) is 0 Å². The molecule has 0 radical (unpaired) electrons. The fourth-order valence-electron chi connectivity index (χ4n) is 14.1. The van der Waals surface area contributed by atoms with Gasteiger partial charge in [0.1, 0.15) is 0 Å². The van der Waals surface area contributed by atoms with E-state index in [1.165, 1.54) is 144 Å². The highest BCUT2D eigenvalue weighted by Gasteiger charge is 2.58. The molecule has 0 spiro atoms. The van der Waals surface area contributed by atoms with E-state index in [0.29, 0.717) is 0 Å². The molecule has 74 heavy (non-hydrogen) atoms. The van der Waals surface area contributed by atoms with E-state index in [-0.39, 0.29) is 33.9 Å². The van der Waals surface area contributed by atoms with Gasteiger partial charge in [0.2, 0.25) is 0 Å². The average Bonchev–Trinajstić information content (AvgIpc) is 4.05. The third-order valence-electron chi connectivity index (χ3n) is 18.3. The summed E-state index contributed by atoms with van der Waals surface area (Å²) in [5.41, 5.74) is 19.6. The van der Waals surface area contributed by atoms with Crippen LogP contribution < -0.4 is 31.1 Å².